The summed E-state index contributed by atoms with van der Waals surface area (Å²) in [7, 11) is -1.97. The van der Waals surface area contributed by atoms with Gasteiger partial charge in [-0.05, 0) is 76.6 Å². The Morgan fingerprint density at radius 3 is 1.67 bits per heavy atom. The zero-order valence-electron chi connectivity index (χ0n) is 29.0. The van der Waals surface area contributed by atoms with E-state index in [0.29, 0.717) is 33.3 Å². The Hall–Kier alpha value is -5.72. The zero-order valence-corrected chi connectivity index (χ0v) is 30.6. The molecule has 284 valence electrons. The monoisotopic (exact) mass is 820 g/mol. The number of hydrogen-bond donors (Lipinski definition) is 2. The van der Waals surface area contributed by atoms with Gasteiger partial charge in [0.2, 0.25) is 0 Å². The molecule has 0 aliphatic heterocycles. The van der Waals surface area contributed by atoms with Crippen molar-refractivity contribution >= 4 is 39.8 Å². The topological polar surface area (TPSA) is 153 Å². The SMILES string of the molecule is C.CC(C)c1nnc2ccc(-c3ocnc3-c3cc(F)ccc3F)cn12.CC(C)c1nnc2ccc(-c3ocnc3Br)cn12.OB(O)c1cc(F)ccc1F. The van der Waals surface area contributed by atoms with E-state index < -0.39 is 35.9 Å². The molecule has 0 saturated carbocycles. The highest BCUT2D eigenvalue weighted by molar-refractivity contribution is 9.10. The molecule has 12 nitrogen and oxygen atoms in total. The standard InChI is InChI=1S/C18H14F2N4O.C12H11BrN4O.C6H5BF2O2.CH4/c1-10(2)18-23-22-15-6-3-11(8-24(15)18)17-16(21-9-25-17)13-7-12(19)4-5-14(13)20;1-7(2)12-16-15-9-4-3-8(5-17(9)12)10-11(13)14-6-18-10;8-4-1-2-6(9)5(3-4)7(10)11;/h3-10H,1-2H3;3-7H,1-2H3;1-3,10-11H;1H4. The minimum absolute atomic E-state index is 0. The normalized spacial score (nSPS) is 11.0. The summed E-state index contributed by atoms with van der Waals surface area (Å²) in [6.45, 7) is 8.22. The van der Waals surface area contributed by atoms with Gasteiger partial charge in [0.15, 0.2) is 40.2 Å². The molecule has 0 spiro atoms. The van der Waals surface area contributed by atoms with Crippen LogP contribution in [-0.4, -0.2) is 56.3 Å². The third-order valence-corrected chi connectivity index (χ3v) is 8.49. The van der Waals surface area contributed by atoms with Crippen LogP contribution in [0.25, 0.3) is 45.2 Å². The van der Waals surface area contributed by atoms with Crippen LogP contribution >= 0.6 is 15.9 Å². The molecule has 6 heterocycles. The summed E-state index contributed by atoms with van der Waals surface area (Å²) in [6.07, 6.45) is 6.41. The molecule has 18 heteroatoms. The third kappa shape index (κ3) is 8.82. The minimum Gasteiger partial charge on any atom is -0.443 e. The van der Waals surface area contributed by atoms with Gasteiger partial charge < -0.3 is 18.9 Å². The fourth-order valence-electron chi connectivity index (χ4n) is 5.33. The number of halogens is 5. The molecule has 0 atom stereocenters. The van der Waals surface area contributed by atoms with Gasteiger partial charge in [-0.2, -0.15) is 0 Å². The van der Waals surface area contributed by atoms with Crippen LogP contribution in [0.5, 0.6) is 0 Å². The number of oxazole rings is 2. The van der Waals surface area contributed by atoms with Gasteiger partial charge in [-0.25, -0.2) is 27.5 Å². The van der Waals surface area contributed by atoms with E-state index >= 15 is 0 Å². The molecule has 6 aromatic heterocycles. The second-order valence-electron chi connectivity index (χ2n) is 12.4. The van der Waals surface area contributed by atoms with E-state index in [1.165, 1.54) is 12.8 Å². The van der Waals surface area contributed by atoms with Crippen molar-refractivity contribution in [1.82, 2.24) is 39.2 Å². The fraction of sp³-hybridized carbons (Fsp3) is 0.189. The Morgan fingerprint density at radius 1 is 0.655 bits per heavy atom. The highest BCUT2D eigenvalue weighted by Crippen LogP contribution is 2.33. The molecule has 55 heavy (non-hydrogen) atoms. The number of fused-ring (bicyclic) bond motifs is 2. The largest absolute Gasteiger partial charge is 0.491 e. The van der Waals surface area contributed by atoms with E-state index in [-0.39, 0.29) is 24.6 Å². The van der Waals surface area contributed by atoms with Crippen LogP contribution in [0.2, 0.25) is 0 Å². The van der Waals surface area contributed by atoms with Crippen molar-refractivity contribution < 1.29 is 36.4 Å². The molecule has 0 bridgehead atoms. The molecule has 8 rings (SSSR count). The summed E-state index contributed by atoms with van der Waals surface area (Å²) in [6, 6.07) is 13.2. The molecule has 0 fully saturated rings. The first-order valence-electron chi connectivity index (χ1n) is 16.3. The van der Waals surface area contributed by atoms with Gasteiger partial charge in [0.25, 0.3) is 0 Å². The van der Waals surface area contributed by atoms with Crippen LogP contribution in [0, 0.1) is 23.3 Å². The predicted molar refractivity (Wildman–Crippen MR) is 201 cm³/mol. The predicted octanol–water partition coefficient (Wildman–Crippen LogP) is 8.00. The van der Waals surface area contributed by atoms with Crippen molar-refractivity contribution in [2.24, 2.45) is 0 Å². The lowest BCUT2D eigenvalue weighted by molar-refractivity contribution is 0.422. The summed E-state index contributed by atoms with van der Waals surface area (Å²) in [4.78, 5) is 8.10. The molecule has 8 aromatic rings. The van der Waals surface area contributed by atoms with Gasteiger partial charge in [-0.1, -0.05) is 35.1 Å². The summed E-state index contributed by atoms with van der Waals surface area (Å²) in [5.74, 6) is 0.656. The van der Waals surface area contributed by atoms with Crippen molar-refractivity contribution in [3.05, 3.63) is 125 Å². The Bertz CT molecular complexity index is 2550. The van der Waals surface area contributed by atoms with Gasteiger partial charge in [-0.15, -0.1) is 20.4 Å². The van der Waals surface area contributed by atoms with Crippen molar-refractivity contribution in [1.29, 1.82) is 0 Å². The van der Waals surface area contributed by atoms with E-state index in [4.69, 9.17) is 18.9 Å². The smallest absolute Gasteiger partial charge is 0.443 e. The summed E-state index contributed by atoms with van der Waals surface area (Å²) in [5, 5.41) is 33.6. The average molecular weight is 821 g/mol. The molecular weight excluding hydrogens is 787 g/mol. The maximum absolute atomic E-state index is 14.1. The van der Waals surface area contributed by atoms with E-state index in [0.717, 1.165) is 59.3 Å². The Kier molecular flexibility index (Phi) is 12.6. The molecule has 0 saturated heterocycles. The molecule has 2 N–H and O–H groups in total. The zero-order chi connectivity index (χ0) is 38.7. The van der Waals surface area contributed by atoms with Gasteiger partial charge in [0.1, 0.15) is 40.6 Å². The number of nitrogens with zero attached hydrogens (tertiary/aromatic N) is 8. The first-order valence-corrected chi connectivity index (χ1v) is 17.1. The maximum Gasteiger partial charge on any atom is 0.491 e. The highest BCUT2D eigenvalue weighted by atomic mass is 79.9. The number of benzene rings is 2. The number of rotatable bonds is 6. The second-order valence-corrected chi connectivity index (χ2v) is 13.1. The van der Waals surface area contributed by atoms with Crippen LogP contribution in [0.3, 0.4) is 0 Å². The molecule has 0 radical (unpaired) electrons. The molecule has 0 amide bonds. The van der Waals surface area contributed by atoms with E-state index in [9.17, 15) is 17.6 Å². The van der Waals surface area contributed by atoms with Crippen LogP contribution in [0.4, 0.5) is 17.6 Å². The lowest BCUT2D eigenvalue weighted by Crippen LogP contribution is -2.32. The highest BCUT2D eigenvalue weighted by Gasteiger charge is 2.20. The van der Waals surface area contributed by atoms with Gasteiger partial charge in [-0.3, -0.25) is 8.80 Å². The van der Waals surface area contributed by atoms with Crippen LogP contribution in [-0.2, 0) is 0 Å². The van der Waals surface area contributed by atoms with E-state index in [2.05, 4.69) is 60.1 Å². The van der Waals surface area contributed by atoms with Crippen LogP contribution in [0.15, 0.2) is 99.3 Å². The lowest BCUT2D eigenvalue weighted by atomic mass is 9.80. The fourth-order valence-corrected chi connectivity index (χ4v) is 5.73. The third-order valence-electron chi connectivity index (χ3n) is 7.93. The average Bonchev–Trinajstić information content (AvgIpc) is 3.96. The van der Waals surface area contributed by atoms with Crippen molar-refractivity contribution in [2.75, 3.05) is 0 Å². The Balaban J connectivity index is 0.000000170. The van der Waals surface area contributed by atoms with E-state index in [1.807, 2.05) is 47.2 Å². The summed E-state index contributed by atoms with van der Waals surface area (Å²) >= 11 is 3.36. The molecular formula is C37H34BBrF4N8O4. The van der Waals surface area contributed by atoms with Crippen molar-refractivity contribution in [2.45, 2.75) is 47.0 Å². The number of pyridine rings is 2. The molecule has 2 aromatic carbocycles. The molecule has 0 aliphatic rings. The van der Waals surface area contributed by atoms with Crippen molar-refractivity contribution in [3.8, 4) is 33.9 Å². The van der Waals surface area contributed by atoms with Gasteiger partial charge >= 0.3 is 7.12 Å². The number of aromatic nitrogens is 8. The second kappa shape index (κ2) is 17.2. The quantitative estimate of drug-likeness (QED) is 0.125. The lowest BCUT2D eigenvalue weighted by Gasteiger charge is -2.06. The van der Waals surface area contributed by atoms with Crippen LogP contribution < -0.4 is 5.46 Å². The van der Waals surface area contributed by atoms with Gasteiger partial charge in [0.05, 0.1) is 0 Å². The molecule has 0 unspecified atom stereocenters. The van der Waals surface area contributed by atoms with E-state index in [1.54, 1.807) is 12.1 Å². The Morgan fingerprint density at radius 2 is 1.16 bits per heavy atom. The Labute approximate surface area is 320 Å². The maximum atomic E-state index is 14.1. The molecule has 0 aliphatic carbocycles. The summed E-state index contributed by atoms with van der Waals surface area (Å²) < 4.78 is 67.9. The first-order chi connectivity index (χ1) is 25.8. The first kappa shape index (κ1) is 40.5. The van der Waals surface area contributed by atoms with Gasteiger partial charge in [0, 0.05) is 46.4 Å². The van der Waals surface area contributed by atoms with Crippen molar-refractivity contribution in [3.63, 3.8) is 0 Å². The van der Waals surface area contributed by atoms with Crippen LogP contribution in [0.1, 0.15) is 58.6 Å². The summed E-state index contributed by atoms with van der Waals surface area (Å²) in [5.41, 5.74) is 2.99. The number of hydrogen-bond acceptors (Lipinski definition) is 10. The minimum atomic E-state index is -1.97.